The number of hydrogen-bond acceptors (Lipinski definition) is 2. The molecule has 1 rings (SSSR count). The maximum absolute atomic E-state index is 13.4. The summed E-state index contributed by atoms with van der Waals surface area (Å²) in [6.45, 7) is 1.53. The smallest absolute Gasteiger partial charge is 0.316 e. The normalized spacial score (nSPS) is 10.2. The van der Waals surface area contributed by atoms with Gasteiger partial charge in [-0.1, -0.05) is 15.9 Å². The average molecular weight is 318 g/mol. The number of nitrogens with one attached hydrogen (secondary N) is 2. The molecule has 0 bridgehead atoms. The first-order chi connectivity index (χ1) is 8.50. The highest BCUT2D eigenvalue weighted by molar-refractivity contribution is 9.10. The zero-order chi connectivity index (χ0) is 13.5. The summed E-state index contributed by atoms with van der Waals surface area (Å²) < 4.78 is 14.2. The molecule has 0 saturated heterocycles. The highest BCUT2D eigenvalue weighted by Crippen LogP contribution is 2.15. The molecule has 1 aromatic rings. The molecule has 0 atom stereocenters. The number of amides is 2. The molecule has 1 aromatic carbocycles. The number of benzene rings is 1. The van der Waals surface area contributed by atoms with Crippen LogP contribution in [0.3, 0.4) is 0 Å². The number of urea groups is 1. The number of carbonyl (C=O) groups is 1. The van der Waals surface area contributed by atoms with Crippen LogP contribution in [0.25, 0.3) is 0 Å². The minimum atomic E-state index is -0.233. The summed E-state index contributed by atoms with van der Waals surface area (Å²) in [5, 5.41) is 5.79. The molecule has 0 spiro atoms. The Hall–Kier alpha value is -1.14. The Labute approximate surface area is 115 Å². The molecule has 2 amide bonds. The van der Waals surface area contributed by atoms with Crippen LogP contribution in [0.1, 0.15) is 5.56 Å². The van der Waals surface area contributed by atoms with Crippen molar-refractivity contribution in [3.63, 3.8) is 0 Å². The quantitative estimate of drug-likeness (QED) is 0.815. The highest BCUT2D eigenvalue weighted by Gasteiger charge is 2.03. The molecule has 100 valence electrons. The predicted molar refractivity (Wildman–Crippen MR) is 72.9 cm³/mol. The molecule has 18 heavy (non-hydrogen) atoms. The van der Waals surface area contributed by atoms with Crippen molar-refractivity contribution in [2.24, 2.45) is 0 Å². The van der Waals surface area contributed by atoms with Crippen LogP contribution in [-0.2, 0) is 6.54 Å². The number of carbonyl (C=O) groups excluding carboxylic acids is 1. The van der Waals surface area contributed by atoms with Gasteiger partial charge in [0.25, 0.3) is 0 Å². The first-order valence-corrected chi connectivity index (χ1v) is 6.40. The standard InChI is InChI=1S/C12H17BrFN3O/c1-17(2)12(18)16-6-5-15-8-9-7-10(13)3-4-11(9)14/h3-4,7,15H,5-6,8H2,1-2H3,(H,16,18). The fourth-order valence-corrected chi connectivity index (χ4v) is 1.73. The molecule has 2 N–H and O–H groups in total. The molecule has 4 nitrogen and oxygen atoms in total. The second-order valence-electron chi connectivity index (χ2n) is 4.04. The van der Waals surface area contributed by atoms with Crippen LogP contribution < -0.4 is 10.6 Å². The van der Waals surface area contributed by atoms with Gasteiger partial charge >= 0.3 is 6.03 Å². The summed E-state index contributed by atoms with van der Waals surface area (Å²) >= 11 is 3.30. The first-order valence-electron chi connectivity index (χ1n) is 5.60. The minimum absolute atomic E-state index is 0.134. The van der Waals surface area contributed by atoms with Crippen molar-refractivity contribution in [3.8, 4) is 0 Å². The van der Waals surface area contributed by atoms with Gasteiger partial charge in [0.05, 0.1) is 0 Å². The lowest BCUT2D eigenvalue weighted by Crippen LogP contribution is -2.38. The molecule has 0 heterocycles. The van der Waals surface area contributed by atoms with Crippen molar-refractivity contribution in [2.45, 2.75) is 6.54 Å². The Bertz CT molecular complexity index is 412. The Kier molecular flexibility index (Phi) is 6.07. The zero-order valence-electron chi connectivity index (χ0n) is 10.5. The maximum atomic E-state index is 13.4. The van der Waals surface area contributed by atoms with E-state index in [0.29, 0.717) is 25.2 Å². The van der Waals surface area contributed by atoms with E-state index in [1.807, 2.05) is 0 Å². The fourth-order valence-electron chi connectivity index (χ4n) is 1.32. The van der Waals surface area contributed by atoms with Crippen LogP contribution in [0, 0.1) is 5.82 Å². The molecule has 0 unspecified atom stereocenters. The Morgan fingerprint density at radius 3 is 2.78 bits per heavy atom. The largest absolute Gasteiger partial charge is 0.337 e. The summed E-state index contributed by atoms with van der Waals surface area (Å²) in [6, 6.07) is 4.69. The van der Waals surface area contributed by atoms with Gasteiger partial charge in [-0.25, -0.2) is 9.18 Å². The molecule has 0 aliphatic heterocycles. The monoisotopic (exact) mass is 317 g/mol. The molecule has 0 aliphatic carbocycles. The number of halogens is 2. The summed E-state index contributed by atoms with van der Waals surface area (Å²) in [4.78, 5) is 12.7. The highest BCUT2D eigenvalue weighted by atomic mass is 79.9. The van der Waals surface area contributed by atoms with Crippen LogP contribution in [0.4, 0.5) is 9.18 Å². The van der Waals surface area contributed by atoms with Crippen molar-refractivity contribution >= 4 is 22.0 Å². The van der Waals surface area contributed by atoms with Crippen LogP contribution >= 0.6 is 15.9 Å². The van der Waals surface area contributed by atoms with E-state index in [0.717, 1.165) is 4.47 Å². The topological polar surface area (TPSA) is 44.4 Å². The lowest BCUT2D eigenvalue weighted by Gasteiger charge is -2.12. The van der Waals surface area contributed by atoms with E-state index in [9.17, 15) is 9.18 Å². The van der Waals surface area contributed by atoms with Gasteiger partial charge in [0.1, 0.15) is 5.82 Å². The Balaban J connectivity index is 2.26. The van der Waals surface area contributed by atoms with Crippen molar-refractivity contribution in [3.05, 3.63) is 34.1 Å². The van der Waals surface area contributed by atoms with Gasteiger partial charge in [-0.15, -0.1) is 0 Å². The van der Waals surface area contributed by atoms with E-state index in [-0.39, 0.29) is 11.8 Å². The van der Waals surface area contributed by atoms with Gasteiger partial charge in [-0.2, -0.15) is 0 Å². The van der Waals surface area contributed by atoms with Crippen LogP contribution in [0.15, 0.2) is 22.7 Å². The SMILES string of the molecule is CN(C)C(=O)NCCNCc1cc(Br)ccc1F. The van der Waals surface area contributed by atoms with Gasteiger partial charge in [-0.3, -0.25) is 0 Å². The molecular formula is C12H17BrFN3O. The van der Waals surface area contributed by atoms with Gasteiger partial charge in [0.2, 0.25) is 0 Å². The number of rotatable bonds is 5. The summed E-state index contributed by atoms with van der Waals surface area (Å²) in [5.41, 5.74) is 0.600. The molecule has 0 aromatic heterocycles. The fraction of sp³-hybridized carbons (Fsp3) is 0.417. The van der Waals surface area contributed by atoms with E-state index < -0.39 is 0 Å². The maximum Gasteiger partial charge on any atom is 0.316 e. The van der Waals surface area contributed by atoms with Crippen LogP contribution in [0.5, 0.6) is 0 Å². The molecular weight excluding hydrogens is 301 g/mol. The van der Waals surface area contributed by atoms with E-state index in [4.69, 9.17) is 0 Å². The predicted octanol–water partition coefficient (Wildman–Crippen LogP) is 1.95. The zero-order valence-corrected chi connectivity index (χ0v) is 12.1. The third-order valence-electron chi connectivity index (χ3n) is 2.31. The van der Waals surface area contributed by atoms with Gasteiger partial charge in [-0.05, 0) is 18.2 Å². The van der Waals surface area contributed by atoms with Crippen LogP contribution in [-0.4, -0.2) is 38.1 Å². The third-order valence-corrected chi connectivity index (χ3v) is 2.80. The first kappa shape index (κ1) is 14.9. The van der Waals surface area contributed by atoms with Crippen LogP contribution in [0.2, 0.25) is 0 Å². The summed E-state index contributed by atoms with van der Waals surface area (Å²) in [6.07, 6.45) is 0. The van der Waals surface area contributed by atoms with E-state index >= 15 is 0 Å². The van der Waals surface area contributed by atoms with Crippen molar-refractivity contribution in [1.82, 2.24) is 15.5 Å². The molecule has 0 radical (unpaired) electrons. The lowest BCUT2D eigenvalue weighted by molar-refractivity contribution is 0.217. The molecule has 0 saturated carbocycles. The van der Waals surface area contributed by atoms with E-state index in [2.05, 4.69) is 26.6 Å². The van der Waals surface area contributed by atoms with Crippen molar-refractivity contribution in [2.75, 3.05) is 27.2 Å². The van der Waals surface area contributed by atoms with E-state index in [1.165, 1.54) is 11.0 Å². The number of nitrogens with zero attached hydrogens (tertiary/aromatic N) is 1. The Morgan fingerprint density at radius 1 is 1.39 bits per heavy atom. The molecule has 0 fully saturated rings. The average Bonchev–Trinajstić information content (AvgIpc) is 2.32. The van der Waals surface area contributed by atoms with Gasteiger partial charge in [0, 0.05) is 43.8 Å². The lowest BCUT2D eigenvalue weighted by atomic mass is 10.2. The Morgan fingerprint density at radius 2 is 2.11 bits per heavy atom. The number of hydrogen-bond donors (Lipinski definition) is 2. The summed E-state index contributed by atoms with van der Waals surface area (Å²) in [5.74, 6) is -0.233. The second-order valence-corrected chi connectivity index (χ2v) is 4.95. The van der Waals surface area contributed by atoms with Gasteiger partial charge in [0.15, 0.2) is 0 Å². The van der Waals surface area contributed by atoms with Crippen molar-refractivity contribution < 1.29 is 9.18 Å². The van der Waals surface area contributed by atoms with E-state index in [1.54, 1.807) is 26.2 Å². The summed E-state index contributed by atoms with van der Waals surface area (Å²) in [7, 11) is 3.36. The third kappa shape index (κ3) is 5.01. The second kappa shape index (κ2) is 7.33. The van der Waals surface area contributed by atoms with Gasteiger partial charge < -0.3 is 15.5 Å². The van der Waals surface area contributed by atoms with Crippen molar-refractivity contribution in [1.29, 1.82) is 0 Å². The molecule has 6 heteroatoms. The minimum Gasteiger partial charge on any atom is -0.337 e. The molecule has 0 aliphatic rings.